The zero-order chi connectivity index (χ0) is 41.9. The Morgan fingerprint density at radius 2 is 1.09 bits per heavy atom. The second kappa shape index (κ2) is 41.1. The van der Waals surface area contributed by atoms with E-state index in [1.165, 1.54) is 70.3 Å². The summed E-state index contributed by atoms with van der Waals surface area (Å²) in [4.78, 5) is 34.8. The van der Waals surface area contributed by atoms with Crippen molar-refractivity contribution in [1.29, 1.82) is 0 Å². The number of esters is 2. The van der Waals surface area contributed by atoms with E-state index in [9.17, 15) is 24.2 Å². The van der Waals surface area contributed by atoms with Crippen molar-refractivity contribution < 1.29 is 47.8 Å². The third-order valence-corrected chi connectivity index (χ3v) is 9.29. The van der Waals surface area contributed by atoms with Crippen LogP contribution >= 0.6 is 7.82 Å². The number of unbranched alkanes of at least 4 members (excludes halogenated alkanes) is 11. The van der Waals surface area contributed by atoms with Gasteiger partial charge in [0.15, 0.2) is 6.10 Å². The molecule has 0 spiro atoms. The fourth-order valence-corrected chi connectivity index (χ4v) is 5.89. The number of hydrogen-bond acceptors (Lipinski definition) is 9. The normalized spacial score (nSPS) is 14.8. The van der Waals surface area contributed by atoms with Crippen LogP contribution in [-0.2, 0) is 32.7 Å². The zero-order valence-electron chi connectivity index (χ0n) is 35.0. The maximum Gasteiger partial charge on any atom is 0.472 e. The summed E-state index contributed by atoms with van der Waals surface area (Å²) in [7, 11) is -4.66. The van der Waals surface area contributed by atoms with Gasteiger partial charge in [0.25, 0.3) is 0 Å². The van der Waals surface area contributed by atoms with Crippen LogP contribution in [0, 0.1) is 0 Å². The maximum atomic E-state index is 12.5. The van der Waals surface area contributed by atoms with E-state index in [1.54, 1.807) is 12.2 Å². The molecule has 0 heterocycles. The molecule has 3 N–H and O–H groups in total. The summed E-state index contributed by atoms with van der Waals surface area (Å²) < 4.78 is 32.4. The molecule has 10 nitrogen and oxygen atoms in total. The molecule has 0 aliphatic carbocycles. The quantitative estimate of drug-likeness (QED) is 0.0137. The van der Waals surface area contributed by atoms with Crippen LogP contribution in [0.4, 0.5) is 0 Å². The summed E-state index contributed by atoms with van der Waals surface area (Å²) in [6.07, 6.45) is 50.2. The molecule has 0 bridgehead atoms. The molecule has 0 aliphatic heterocycles. The molecule has 0 amide bonds. The van der Waals surface area contributed by atoms with Gasteiger partial charge in [0.1, 0.15) is 12.7 Å². The molecule has 0 rings (SSSR count). The van der Waals surface area contributed by atoms with Crippen molar-refractivity contribution in [2.75, 3.05) is 26.4 Å². The number of ether oxygens (including phenoxy) is 2. The molecule has 1 unspecified atom stereocenters. The minimum absolute atomic E-state index is 0.0914. The van der Waals surface area contributed by atoms with Gasteiger partial charge in [0.2, 0.25) is 0 Å². The van der Waals surface area contributed by atoms with E-state index in [-0.39, 0.29) is 6.42 Å². The Balaban J connectivity index is 4.55. The van der Waals surface area contributed by atoms with Crippen molar-refractivity contribution >= 4 is 19.8 Å². The summed E-state index contributed by atoms with van der Waals surface area (Å²) in [6.45, 7) is 2.03. The highest BCUT2D eigenvalue weighted by Gasteiger charge is 2.26. The fraction of sp³-hybridized carbons (Fsp3) is 0.609. The zero-order valence-corrected chi connectivity index (χ0v) is 35.9. The van der Waals surface area contributed by atoms with Crippen molar-refractivity contribution in [3.63, 3.8) is 0 Å². The highest BCUT2D eigenvalue weighted by atomic mass is 31.2. The van der Waals surface area contributed by atoms with Crippen LogP contribution < -0.4 is 0 Å². The molecule has 0 saturated carbocycles. The number of hydrogen-bond donors (Lipinski definition) is 3. The van der Waals surface area contributed by atoms with Gasteiger partial charge < -0.3 is 24.6 Å². The van der Waals surface area contributed by atoms with E-state index in [0.29, 0.717) is 6.42 Å². The van der Waals surface area contributed by atoms with Crippen LogP contribution in [0.5, 0.6) is 0 Å². The highest BCUT2D eigenvalue weighted by molar-refractivity contribution is 7.47. The number of carbonyl (C=O) groups is 2. The van der Waals surface area contributed by atoms with Crippen molar-refractivity contribution in [1.82, 2.24) is 0 Å². The van der Waals surface area contributed by atoms with Crippen molar-refractivity contribution in [2.24, 2.45) is 0 Å². The molecule has 57 heavy (non-hydrogen) atoms. The van der Waals surface area contributed by atoms with Crippen molar-refractivity contribution in [2.45, 2.75) is 154 Å². The summed E-state index contributed by atoms with van der Waals surface area (Å²) in [5.41, 5.74) is 0. The molecule has 0 aromatic rings. The number of rotatable bonds is 38. The summed E-state index contributed by atoms with van der Waals surface area (Å²) >= 11 is 0. The number of aliphatic hydroxyl groups is 2. The van der Waals surface area contributed by atoms with Gasteiger partial charge in [-0.1, -0.05) is 169 Å². The van der Waals surface area contributed by atoms with Crippen LogP contribution in [0.1, 0.15) is 142 Å². The standard InChI is InChI=1S/C46H75O10P/c1-3-5-7-9-11-13-15-17-19-20-21-22-24-25-27-29-31-33-35-37-45(49)53-41-44(42-55-57(51,52)54-40-43(48)39-47)56-46(50)38-36-34-32-30-28-26-23-18-16-14-12-10-8-6-4-2/h5,7,11,13,17,19,21-22,25,27,31-34,36,38,43-44,47-48H,3-4,6,8-10,12,14-16,18,20,23-24,26,28-30,35,37,39-42H2,1-2H3,(H,51,52)/b7-5+,13-11+,19-17+,22-21+,27-25+,33-31+,34-32+,38-36+/t43-,44+/m0/s1. The number of allylic oxidation sites excluding steroid dienone is 15. The second-order valence-electron chi connectivity index (χ2n) is 13.7. The van der Waals surface area contributed by atoms with Crippen LogP contribution in [-0.4, -0.2) is 65.7 Å². The topological polar surface area (TPSA) is 149 Å². The SMILES string of the molecule is CC/C=C/C/C=C/C/C=C/C/C=C/C/C=C/C/C=C/CCC(=O)OC[C@H](COP(=O)(O)OC[C@@H](O)CO)OC(=O)/C=C/C=C/CCCCCCCCCCCCC. The lowest BCUT2D eigenvalue weighted by molar-refractivity contribution is -0.157. The van der Waals surface area contributed by atoms with Crippen LogP contribution in [0.15, 0.2) is 97.2 Å². The molecule has 324 valence electrons. The van der Waals surface area contributed by atoms with E-state index in [2.05, 4.69) is 79.1 Å². The molecule has 0 aliphatic rings. The predicted octanol–water partition coefficient (Wildman–Crippen LogP) is 11.2. The Hall–Kier alpha value is -3.11. The van der Waals surface area contributed by atoms with E-state index in [1.807, 2.05) is 18.2 Å². The van der Waals surface area contributed by atoms with Crippen LogP contribution in [0.3, 0.4) is 0 Å². The lowest BCUT2D eigenvalue weighted by atomic mass is 10.1. The first-order valence-corrected chi connectivity index (χ1v) is 22.7. The van der Waals surface area contributed by atoms with Gasteiger partial charge in [-0.2, -0.15) is 0 Å². The lowest BCUT2D eigenvalue weighted by Crippen LogP contribution is -2.29. The molecule has 0 fully saturated rings. The number of phosphoric ester groups is 1. The first-order chi connectivity index (χ1) is 27.7. The van der Waals surface area contributed by atoms with Gasteiger partial charge in [0.05, 0.1) is 19.8 Å². The van der Waals surface area contributed by atoms with E-state index in [0.717, 1.165) is 51.4 Å². The van der Waals surface area contributed by atoms with Gasteiger partial charge in [-0.05, 0) is 57.8 Å². The average molecular weight is 819 g/mol. The summed E-state index contributed by atoms with van der Waals surface area (Å²) in [5.74, 6) is -1.28. The van der Waals surface area contributed by atoms with Gasteiger partial charge in [-0.25, -0.2) is 9.36 Å². The first kappa shape index (κ1) is 53.9. The monoisotopic (exact) mass is 819 g/mol. The molecule has 3 atom stereocenters. The molecule has 11 heteroatoms. The lowest BCUT2D eigenvalue weighted by Gasteiger charge is -2.19. The Bertz CT molecular complexity index is 1260. The number of aliphatic hydroxyl groups excluding tert-OH is 2. The minimum atomic E-state index is -4.66. The van der Waals surface area contributed by atoms with Gasteiger partial charge >= 0.3 is 19.8 Å². The number of carbonyl (C=O) groups excluding carboxylic acids is 2. The minimum Gasteiger partial charge on any atom is -0.462 e. The Morgan fingerprint density at radius 1 is 0.596 bits per heavy atom. The summed E-state index contributed by atoms with van der Waals surface area (Å²) in [6, 6.07) is 0. The average Bonchev–Trinajstić information content (AvgIpc) is 3.20. The highest BCUT2D eigenvalue weighted by Crippen LogP contribution is 2.43. The van der Waals surface area contributed by atoms with Crippen LogP contribution in [0.25, 0.3) is 0 Å². The summed E-state index contributed by atoms with van der Waals surface area (Å²) in [5, 5.41) is 18.3. The maximum absolute atomic E-state index is 12.5. The van der Waals surface area contributed by atoms with E-state index in [4.69, 9.17) is 19.1 Å². The smallest absolute Gasteiger partial charge is 0.462 e. The van der Waals surface area contributed by atoms with Gasteiger partial charge in [0, 0.05) is 12.5 Å². The van der Waals surface area contributed by atoms with Gasteiger partial charge in [-0.15, -0.1) is 0 Å². The molecular weight excluding hydrogens is 743 g/mol. The van der Waals surface area contributed by atoms with E-state index >= 15 is 0 Å². The third kappa shape index (κ3) is 40.9. The van der Waals surface area contributed by atoms with Crippen LogP contribution in [0.2, 0.25) is 0 Å². The Kier molecular flexibility index (Phi) is 38.8. The molecule has 0 aromatic heterocycles. The molecule has 0 radical (unpaired) electrons. The predicted molar refractivity (Wildman–Crippen MR) is 232 cm³/mol. The molecule has 0 saturated heterocycles. The second-order valence-corrected chi connectivity index (χ2v) is 15.2. The van der Waals surface area contributed by atoms with Gasteiger partial charge in [-0.3, -0.25) is 13.8 Å². The van der Waals surface area contributed by atoms with E-state index < -0.39 is 58.4 Å². The number of phosphoric acid groups is 1. The van der Waals surface area contributed by atoms with Crippen molar-refractivity contribution in [3.05, 3.63) is 97.2 Å². The third-order valence-electron chi connectivity index (χ3n) is 8.34. The first-order valence-electron chi connectivity index (χ1n) is 21.2. The fourth-order valence-electron chi connectivity index (χ4n) is 5.10. The largest absolute Gasteiger partial charge is 0.472 e. The Morgan fingerprint density at radius 3 is 1.61 bits per heavy atom. The molecule has 0 aromatic carbocycles. The van der Waals surface area contributed by atoms with Crippen molar-refractivity contribution in [3.8, 4) is 0 Å². The molecular formula is C46H75O10P. The Labute approximate surface area is 344 Å².